The quantitative estimate of drug-likeness (QED) is 0.537. The molecule has 1 saturated heterocycles. The third-order valence-corrected chi connectivity index (χ3v) is 2.69. The molecule has 16 heavy (non-hydrogen) atoms. The molecule has 84 valence electrons. The van der Waals surface area contributed by atoms with E-state index in [1.54, 1.807) is 6.08 Å². The smallest absolute Gasteiger partial charge is 0.130 e. The maximum atomic E-state index is 8.74. The molecule has 0 unspecified atom stereocenters. The molecule has 0 radical (unpaired) electrons. The minimum Gasteiger partial charge on any atom is -0.377 e. The summed E-state index contributed by atoms with van der Waals surface area (Å²) in [6.07, 6.45) is 6.25. The normalized spacial score (nSPS) is 15.8. The molecule has 1 rings (SSSR count). The molecule has 0 N–H and O–H groups in total. The number of hydrogen-bond donors (Lipinski definition) is 0. The van der Waals surface area contributed by atoms with Gasteiger partial charge in [-0.05, 0) is 30.4 Å². The van der Waals surface area contributed by atoms with Gasteiger partial charge in [-0.3, -0.25) is 0 Å². The average molecular weight is 215 g/mol. The molecule has 0 aromatic heterocycles. The van der Waals surface area contributed by atoms with Gasteiger partial charge < -0.3 is 4.90 Å². The maximum absolute atomic E-state index is 8.74. The van der Waals surface area contributed by atoms with Crippen LogP contribution in [0, 0.1) is 28.6 Å². The first-order valence-corrected chi connectivity index (χ1v) is 5.65. The number of hydrogen-bond acceptors (Lipinski definition) is 3. The summed E-state index contributed by atoms with van der Waals surface area (Å²) in [5.74, 6) is 0.331. The van der Waals surface area contributed by atoms with Gasteiger partial charge in [-0.25, -0.2) is 0 Å². The van der Waals surface area contributed by atoms with E-state index in [-0.39, 0.29) is 5.57 Å². The largest absolute Gasteiger partial charge is 0.377 e. The van der Waals surface area contributed by atoms with Crippen molar-refractivity contribution in [2.45, 2.75) is 26.7 Å². The van der Waals surface area contributed by atoms with E-state index in [0.29, 0.717) is 5.92 Å². The minimum absolute atomic E-state index is 0.180. The van der Waals surface area contributed by atoms with E-state index in [1.807, 2.05) is 12.1 Å². The molecule has 1 heterocycles. The highest BCUT2D eigenvalue weighted by molar-refractivity contribution is 5.41. The second-order valence-electron chi connectivity index (χ2n) is 4.31. The number of likely N-dealkylation sites (tertiary alicyclic amines) is 1. The highest BCUT2D eigenvalue weighted by atomic mass is 15.1. The van der Waals surface area contributed by atoms with Gasteiger partial charge in [-0.15, -0.1) is 0 Å². The number of rotatable bonds is 3. The first-order chi connectivity index (χ1) is 7.67. The zero-order valence-electron chi connectivity index (χ0n) is 9.90. The van der Waals surface area contributed by atoms with Gasteiger partial charge in [0.15, 0.2) is 0 Å². The molecule has 0 amide bonds. The predicted molar refractivity (Wildman–Crippen MR) is 63.0 cm³/mol. The van der Waals surface area contributed by atoms with Crippen LogP contribution in [-0.4, -0.2) is 18.0 Å². The standard InChI is InChI=1S/C13H17N3/c1-11(2)13(7-12(8-14)9-15)10-16-5-3-4-6-16/h7,10-11H,3-6H2,1-2H3. The lowest BCUT2D eigenvalue weighted by atomic mass is 10.0. The lowest BCUT2D eigenvalue weighted by molar-refractivity contribution is 0.460. The number of allylic oxidation sites excluding steroid dienone is 3. The minimum atomic E-state index is 0.180. The van der Waals surface area contributed by atoms with Crippen molar-refractivity contribution >= 4 is 0 Å². The van der Waals surface area contributed by atoms with Crippen molar-refractivity contribution in [2.24, 2.45) is 5.92 Å². The van der Waals surface area contributed by atoms with Crippen LogP contribution in [0.2, 0.25) is 0 Å². The van der Waals surface area contributed by atoms with E-state index in [4.69, 9.17) is 10.5 Å². The van der Waals surface area contributed by atoms with E-state index >= 15 is 0 Å². The topological polar surface area (TPSA) is 50.8 Å². The van der Waals surface area contributed by atoms with Crippen molar-refractivity contribution in [3.8, 4) is 12.1 Å². The second kappa shape index (κ2) is 5.98. The highest BCUT2D eigenvalue weighted by Crippen LogP contribution is 2.17. The zero-order chi connectivity index (χ0) is 12.0. The fourth-order valence-electron chi connectivity index (χ4n) is 1.69. The van der Waals surface area contributed by atoms with Crippen LogP contribution in [0.3, 0.4) is 0 Å². The van der Waals surface area contributed by atoms with Crippen molar-refractivity contribution in [3.05, 3.63) is 23.4 Å². The van der Waals surface area contributed by atoms with Gasteiger partial charge >= 0.3 is 0 Å². The molecule has 0 bridgehead atoms. The Kier molecular flexibility index (Phi) is 4.61. The van der Waals surface area contributed by atoms with E-state index in [1.165, 1.54) is 12.8 Å². The Labute approximate surface area is 97.3 Å². The Morgan fingerprint density at radius 2 is 1.75 bits per heavy atom. The molecule has 3 heteroatoms. The molecule has 1 aliphatic heterocycles. The Bertz CT molecular complexity index is 355. The summed E-state index contributed by atoms with van der Waals surface area (Å²) in [7, 11) is 0. The van der Waals surface area contributed by atoms with Crippen LogP contribution in [0.1, 0.15) is 26.7 Å². The summed E-state index contributed by atoms with van der Waals surface area (Å²) < 4.78 is 0. The van der Waals surface area contributed by atoms with Crippen LogP contribution in [-0.2, 0) is 0 Å². The molecule has 0 atom stereocenters. The monoisotopic (exact) mass is 215 g/mol. The first kappa shape index (κ1) is 12.3. The van der Waals surface area contributed by atoms with Crippen molar-refractivity contribution < 1.29 is 0 Å². The molecule has 0 aromatic carbocycles. The van der Waals surface area contributed by atoms with Crippen LogP contribution in [0.25, 0.3) is 0 Å². The van der Waals surface area contributed by atoms with E-state index < -0.39 is 0 Å². The van der Waals surface area contributed by atoms with Crippen LogP contribution in [0.15, 0.2) is 23.4 Å². The summed E-state index contributed by atoms with van der Waals surface area (Å²) in [6, 6.07) is 3.81. The highest BCUT2D eigenvalue weighted by Gasteiger charge is 2.10. The molecule has 0 saturated carbocycles. The Balaban J connectivity index is 2.87. The summed E-state index contributed by atoms with van der Waals surface area (Å²) in [5, 5.41) is 17.5. The van der Waals surface area contributed by atoms with Crippen LogP contribution in [0.5, 0.6) is 0 Å². The number of nitrogens with zero attached hydrogens (tertiary/aromatic N) is 3. The van der Waals surface area contributed by atoms with Gasteiger partial charge in [-0.1, -0.05) is 13.8 Å². The van der Waals surface area contributed by atoms with Crippen molar-refractivity contribution in [2.75, 3.05) is 13.1 Å². The summed E-state index contributed by atoms with van der Waals surface area (Å²) >= 11 is 0. The predicted octanol–water partition coefficient (Wildman–Crippen LogP) is 2.60. The zero-order valence-corrected chi connectivity index (χ0v) is 9.90. The molecule has 0 aromatic rings. The molecular formula is C13H17N3. The van der Waals surface area contributed by atoms with Gasteiger partial charge in [0.05, 0.1) is 0 Å². The first-order valence-electron chi connectivity index (χ1n) is 5.65. The van der Waals surface area contributed by atoms with Crippen molar-refractivity contribution in [1.82, 2.24) is 4.90 Å². The van der Waals surface area contributed by atoms with E-state index in [2.05, 4.69) is 24.9 Å². The maximum Gasteiger partial charge on any atom is 0.130 e. The fraction of sp³-hybridized carbons (Fsp3) is 0.538. The third-order valence-electron chi connectivity index (χ3n) is 2.69. The Morgan fingerprint density at radius 1 is 1.19 bits per heavy atom. The van der Waals surface area contributed by atoms with E-state index in [0.717, 1.165) is 18.7 Å². The van der Waals surface area contributed by atoms with E-state index in [9.17, 15) is 0 Å². The molecule has 1 aliphatic rings. The van der Waals surface area contributed by atoms with Gasteiger partial charge in [0.1, 0.15) is 17.7 Å². The molecular weight excluding hydrogens is 198 g/mol. The summed E-state index contributed by atoms with van der Waals surface area (Å²) in [6.45, 7) is 6.31. The van der Waals surface area contributed by atoms with Crippen molar-refractivity contribution in [3.63, 3.8) is 0 Å². The average Bonchev–Trinajstić information content (AvgIpc) is 2.76. The second-order valence-corrected chi connectivity index (χ2v) is 4.31. The summed E-state index contributed by atoms with van der Waals surface area (Å²) in [4.78, 5) is 2.26. The van der Waals surface area contributed by atoms with Crippen LogP contribution >= 0.6 is 0 Å². The Hall–Kier alpha value is -1.74. The van der Waals surface area contributed by atoms with Crippen LogP contribution < -0.4 is 0 Å². The SMILES string of the molecule is CC(C)C(C=C(C#N)C#N)=CN1CCCC1. The van der Waals surface area contributed by atoms with Gasteiger partial charge in [0.2, 0.25) is 0 Å². The van der Waals surface area contributed by atoms with Crippen molar-refractivity contribution in [1.29, 1.82) is 10.5 Å². The van der Waals surface area contributed by atoms with Gasteiger partial charge in [0.25, 0.3) is 0 Å². The van der Waals surface area contributed by atoms with Gasteiger partial charge in [-0.2, -0.15) is 10.5 Å². The molecule has 0 spiro atoms. The molecule has 3 nitrogen and oxygen atoms in total. The number of nitriles is 2. The lowest BCUT2D eigenvalue weighted by Crippen LogP contribution is -2.12. The Morgan fingerprint density at radius 3 is 2.19 bits per heavy atom. The fourth-order valence-corrected chi connectivity index (χ4v) is 1.69. The van der Waals surface area contributed by atoms with Crippen LogP contribution in [0.4, 0.5) is 0 Å². The van der Waals surface area contributed by atoms with Gasteiger partial charge in [0, 0.05) is 19.3 Å². The lowest BCUT2D eigenvalue weighted by Gasteiger charge is -2.15. The molecule has 1 fully saturated rings. The third kappa shape index (κ3) is 3.44. The summed E-state index contributed by atoms with van der Waals surface area (Å²) in [5.41, 5.74) is 1.24. The molecule has 0 aliphatic carbocycles.